The molecule has 5 nitrogen and oxygen atoms in total. The van der Waals surface area contributed by atoms with E-state index in [9.17, 15) is 9.59 Å². The van der Waals surface area contributed by atoms with Gasteiger partial charge in [0, 0.05) is 0 Å². The number of hydrazone groups is 1. The van der Waals surface area contributed by atoms with Crippen LogP contribution < -0.4 is 10.7 Å². The highest BCUT2D eigenvalue weighted by molar-refractivity contribution is 6.43. The highest BCUT2D eigenvalue weighted by Gasteiger charge is 2.46. The van der Waals surface area contributed by atoms with Crippen LogP contribution in [0.2, 0.25) is 0 Å². The van der Waals surface area contributed by atoms with Gasteiger partial charge in [0.15, 0.2) is 0 Å². The number of hydrogen-bond acceptors (Lipinski definition) is 3. The van der Waals surface area contributed by atoms with Gasteiger partial charge in [0.1, 0.15) is 5.71 Å². The zero-order chi connectivity index (χ0) is 12.6. The van der Waals surface area contributed by atoms with Crippen LogP contribution in [0, 0.1) is 0 Å². The Morgan fingerprint density at radius 3 is 2.56 bits per heavy atom. The summed E-state index contributed by atoms with van der Waals surface area (Å²) in [5.74, 6) is -0.487. The molecule has 0 spiro atoms. The summed E-state index contributed by atoms with van der Waals surface area (Å²) in [6.45, 7) is 0. The molecule has 1 heterocycles. The molecule has 1 aromatic carbocycles. The Hall–Kier alpha value is -2.17. The summed E-state index contributed by atoms with van der Waals surface area (Å²) in [6.07, 6.45) is 1.92. The lowest BCUT2D eigenvalue weighted by Crippen LogP contribution is -2.39. The highest BCUT2D eigenvalue weighted by atomic mass is 16.2. The molecule has 0 radical (unpaired) electrons. The summed E-state index contributed by atoms with van der Waals surface area (Å²) < 4.78 is 0. The molecule has 18 heavy (non-hydrogen) atoms. The van der Waals surface area contributed by atoms with Crippen LogP contribution in [-0.2, 0) is 15.1 Å². The maximum atomic E-state index is 12.0. The average molecular weight is 243 g/mol. The predicted molar refractivity (Wildman–Crippen MR) is 65.7 cm³/mol. The minimum absolute atomic E-state index is 0.0662. The van der Waals surface area contributed by atoms with E-state index in [1.807, 2.05) is 30.3 Å². The average Bonchev–Trinajstić information content (AvgIpc) is 3.04. The molecule has 1 aliphatic heterocycles. The van der Waals surface area contributed by atoms with Gasteiger partial charge in [-0.15, -0.1) is 0 Å². The predicted octanol–water partition coefficient (Wildman–Crippen LogP) is 0.668. The van der Waals surface area contributed by atoms with E-state index in [-0.39, 0.29) is 29.5 Å². The number of carbonyl (C=O) groups excluding carboxylic acids is 2. The summed E-state index contributed by atoms with van der Waals surface area (Å²) in [4.78, 5) is 23.0. The van der Waals surface area contributed by atoms with Gasteiger partial charge in [0.05, 0.1) is 12.0 Å². The van der Waals surface area contributed by atoms with Crippen LogP contribution in [0.1, 0.15) is 24.8 Å². The normalized spacial score (nSPS) is 20.0. The highest BCUT2D eigenvalue weighted by Crippen LogP contribution is 2.45. The number of hydrogen-bond donors (Lipinski definition) is 2. The Balaban J connectivity index is 1.74. The van der Waals surface area contributed by atoms with Gasteiger partial charge in [-0.2, -0.15) is 5.10 Å². The molecule has 0 aromatic heterocycles. The van der Waals surface area contributed by atoms with Crippen LogP contribution in [0.15, 0.2) is 35.4 Å². The van der Waals surface area contributed by atoms with Crippen LogP contribution in [-0.4, -0.2) is 17.5 Å². The quantitative estimate of drug-likeness (QED) is 0.819. The SMILES string of the molecule is O=C1CC(C(=O)NC2(c3ccccc3)CC2)=NN1. The van der Waals surface area contributed by atoms with E-state index in [0.29, 0.717) is 0 Å². The molecule has 1 aliphatic carbocycles. The molecule has 0 saturated heterocycles. The Morgan fingerprint density at radius 1 is 1.28 bits per heavy atom. The van der Waals surface area contributed by atoms with Gasteiger partial charge in [-0.05, 0) is 18.4 Å². The van der Waals surface area contributed by atoms with Crippen molar-refractivity contribution in [3.05, 3.63) is 35.9 Å². The summed E-state index contributed by atoms with van der Waals surface area (Å²) in [5.41, 5.74) is 3.40. The van der Waals surface area contributed by atoms with Gasteiger partial charge in [-0.3, -0.25) is 9.59 Å². The molecule has 2 aliphatic rings. The lowest BCUT2D eigenvalue weighted by Gasteiger charge is -2.17. The van der Waals surface area contributed by atoms with Crippen molar-refractivity contribution in [2.24, 2.45) is 5.10 Å². The molecule has 5 heteroatoms. The van der Waals surface area contributed by atoms with E-state index in [0.717, 1.165) is 18.4 Å². The lowest BCUT2D eigenvalue weighted by molar-refractivity contribution is -0.120. The number of carbonyl (C=O) groups is 2. The number of nitrogens with zero attached hydrogens (tertiary/aromatic N) is 1. The van der Waals surface area contributed by atoms with Crippen LogP contribution in [0.3, 0.4) is 0 Å². The lowest BCUT2D eigenvalue weighted by atomic mass is 10.0. The van der Waals surface area contributed by atoms with Crippen LogP contribution in [0.25, 0.3) is 0 Å². The Labute approximate surface area is 104 Å². The molecule has 3 rings (SSSR count). The maximum Gasteiger partial charge on any atom is 0.268 e. The number of rotatable bonds is 3. The summed E-state index contributed by atoms with van der Waals surface area (Å²) in [5, 5.41) is 6.71. The molecule has 2 amide bonds. The smallest absolute Gasteiger partial charge is 0.268 e. The van der Waals surface area contributed by atoms with Crippen molar-refractivity contribution in [1.29, 1.82) is 0 Å². The van der Waals surface area contributed by atoms with E-state index in [1.165, 1.54) is 0 Å². The van der Waals surface area contributed by atoms with E-state index in [4.69, 9.17) is 0 Å². The molecule has 1 saturated carbocycles. The molecular formula is C13H13N3O2. The van der Waals surface area contributed by atoms with E-state index in [2.05, 4.69) is 15.8 Å². The Bertz CT molecular complexity index is 532. The standard InChI is InChI=1S/C13H13N3O2/c17-11-8-10(15-16-11)12(18)14-13(6-7-13)9-4-2-1-3-5-9/h1-5H,6-8H2,(H,14,18)(H,16,17). The molecule has 1 fully saturated rings. The number of benzene rings is 1. The summed E-state index contributed by atoms with van der Waals surface area (Å²) in [6, 6.07) is 9.88. The monoisotopic (exact) mass is 243 g/mol. The number of amides is 2. The Morgan fingerprint density at radius 2 is 2.00 bits per heavy atom. The van der Waals surface area contributed by atoms with Gasteiger partial charge >= 0.3 is 0 Å². The van der Waals surface area contributed by atoms with Gasteiger partial charge in [-0.25, -0.2) is 5.43 Å². The fraction of sp³-hybridized carbons (Fsp3) is 0.308. The van der Waals surface area contributed by atoms with Crippen molar-refractivity contribution in [2.75, 3.05) is 0 Å². The van der Waals surface area contributed by atoms with Gasteiger partial charge in [-0.1, -0.05) is 30.3 Å². The van der Waals surface area contributed by atoms with Crippen molar-refractivity contribution in [3.63, 3.8) is 0 Å². The molecule has 2 N–H and O–H groups in total. The third-order valence-corrected chi connectivity index (χ3v) is 3.33. The minimum Gasteiger partial charge on any atom is -0.341 e. The van der Waals surface area contributed by atoms with Crippen LogP contribution in [0.5, 0.6) is 0 Å². The van der Waals surface area contributed by atoms with Gasteiger partial charge < -0.3 is 5.32 Å². The van der Waals surface area contributed by atoms with Crippen LogP contribution in [0.4, 0.5) is 0 Å². The largest absolute Gasteiger partial charge is 0.341 e. The number of nitrogens with one attached hydrogen (secondary N) is 2. The maximum absolute atomic E-state index is 12.0. The van der Waals surface area contributed by atoms with E-state index >= 15 is 0 Å². The third-order valence-electron chi connectivity index (χ3n) is 3.33. The van der Waals surface area contributed by atoms with Gasteiger partial charge in [0.2, 0.25) is 5.91 Å². The Kier molecular flexibility index (Phi) is 2.40. The van der Waals surface area contributed by atoms with Crippen molar-refractivity contribution in [3.8, 4) is 0 Å². The fourth-order valence-electron chi connectivity index (χ4n) is 2.15. The summed E-state index contributed by atoms with van der Waals surface area (Å²) in [7, 11) is 0. The molecule has 1 aromatic rings. The molecule has 0 atom stereocenters. The molecule has 0 bridgehead atoms. The second-order valence-corrected chi connectivity index (χ2v) is 4.67. The van der Waals surface area contributed by atoms with Gasteiger partial charge in [0.25, 0.3) is 5.91 Å². The second kappa shape index (κ2) is 3.94. The molecular weight excluding hydrogens is 230 g/mol. The zero-order valence-electron chi connectivity index (χ0n) is 9.77. The van der Waals surface area contributed by atoms with Crippen LogP contribution >= 0.6 is 0 Å². The first-order chi connectivity index (χ1) is 8.70. The molecule has 0 unspecified atom stereocenters. The molecule has 92 valence electrons. The topological polar surface area (TPSA) is 70.6 Å². The first-order valence-corrected chi connectivity index (χ1v) is 5.93. The van der Waals surface area contributed by atoms with Crippen molar-refractivity contribution in [1.82, 2.24) is 10.7 Å². The second-order valence-electron chi connectivity index (χ2n) is 4.67. The fourth-order valence-corrected chi connectivity index (χ4v) is 2.15. The van der Waals surface area contributed by atoms with Crippen molar-refractivity contribution < 1.29 is 9.59 Å². The van der Waals surface area contributed by atoms with Crippen molar-refractivity contribution >= 4 is 17.5 Å². The minimum atomic E-state index is -0.257. The first kappa shape index (κ1) is 11.0. The first-order valence-electron chi connectivity index (χ1n) is 5.93. The summed E-state index contributed by atoms with van der Waals surface area (Å²) >= 11 is 0. The zero-order valence-corrected chi connectivity index (χ0v) is 9.77. The third kappa shape index (κ3) is 1.88. The van der Waals surface area contributed by atoms with E-state index in [1.54, 1.807) is 0 Å². The van der Waals surface area contributed by atoms with Crippen molar-refractivity contribution in [2.45, 2.75) is 24.8 Å². The van der Waals surface area contributed by atoms with E-state index < -0.39 is 0 Å².